The van der Waals surface area contributed by atoms with Gasteiger partial charge in [-0.1, -0.05) is 31.2 Å². The van der Waals surface area contributed by atoms with Gasteiger partial charge in [0.25, 0.3) is 0 Å². The highest BCUT2D eigenvalue weighted by Crippen LogP contribution is 2.14. The molecule has 0 aliphatic heterocycles. The summed E-state index contributed by atoms with van der Waals surface area (Å²) < 4.78 is 5.21. The summed E-state index contributed by atoms with van der Waals surface area (Å²) in [6.07, 6.45) is 3.04. The SMILES string of the molecule is CCc1cnc(CNCc2ccccc2COC)s1. The molecule has 102 valence electrons. The van der Waals surface area contributed by atoms with Gasteiger partial charge in [-0.25, -0.2) is 4.98 Å². The second kappa shape index (κ2) is 7.38. The zero-order valence-electron chi connectivity index (χ0n) is 11.5. The Labute approximate surface area is 118 Å². The fourth-order valence-corrected chi connectivity index (χ4v) is 2.76. The number of aryl methyl sites for hydroxylation is 1. The molecule has 1 N–H and O–H groups in total. The molecular weight excluding hydrogens is 256 g/mol. The quantitative estimate of drug-likeness (QED) is 0.843. The lowest BCUT2D eigenvalue weighted by Crippen LogP contribution is -2.14. The van der Waals surface area contributed by atoms with E-state index in [1.54, 1.807) is 18.4 Å². The van der Waals surface area contributed by atoms with Crippen LogP contribution in [0.3, 0.4) is 0 Å². The first-order chi connectivity index (χ1) is 9.33. The molecule has 1 heterocycles. The molecule has 0 spiro atoms. The fraction of sp³-hybridized carbons (Fsp3) is 0.400. The Morgan fingerprint density at radius 2 is 2.00 bits per heavy atom. The third-order valence-electron chi connectivity index (χ3n) is 2.96. The van der Waals surface area contributed by atoms with Crippen LogP contribution in [-0.4, -0.2) is 12.1 Å². The van der Waals surface area contributed by atoms with Crippen LogP contribution in [0.4, 0.5) is 0 Å². The van der Waals surface area contributed by atoms with Gasteiger partial charge in [0.2, 0.25) is 0 Å². The number of aromatic nitrogens is 1. The molecule has 0 bridgehead atoms. The van der Waals surface area contributed by atoms with Crippen LogP contribution in [-0.2, 0) is 30.9 Å². The zero-order valence-corrected chi connectivity index (χ0v) is 12.3. The third kappa shape index (κ3) is 4.13. The zero-order chi connectivity index (χ0) is 13.5. The number of methoxy groups -OCH3 is 1. The Balaban J connectivity index is 1.88. The van der Waals surface area contributed by atoms with Gasteiger partial charge in [0.05, 0.1) is 6.61 Å². The summed E-state index contributed by atoms with van der Waals surface area (Å²) in [6, 6.07) is 8.36. The Morgan fingerprint density at radius 3 is 2.68 bits per heavy atom. The first-order valence-corrected chi connectivity index (χ1v) is 7.35. The minimum atomic E-state index is 0.662. The average Bonchev–Trinajstić information content (AvgIpc) is 2.89. The number of hydrogen-bond donors (Lipinski definition) is 1. The number of benzene rings is 1. The largest absolute Gasteiger partial charge is 0.380 e. The number of nitrogens with one attached hydrogen (secondary N) is 1. The number of nitrogens with zero attached hydrogens (tertiary/aromatic N) is 1. The highest BCUT2D eigenvalue weighted by molar-refractivity contribution is 7.11. The summed E-state index contributed by atoms with van der Waals surface area (Å²) in [5.74, 6) is 0. The van der Waals surface area contributed by atoms with E-state index in [0.29, 0.717) is 6.61 Å². The number of ether oxygens (including phenoxy) is 1. The molecule has 0 aliphatic rings. The van der Waals surface area contributed by atoms with Gasteiger partial charge in [0.1, 0.15) is 5.01 Å². The summed E-state index contributed by atoms with van der Waals surface area (Å²) in [4.78, 5) is 5.75. The summed E-state index contributed by atoms with van der Waals surface area (Å²) in [5, 5.41) is 4.60. The van der Waals surface area contributed by atoms with E-state index in [-0.39, 0.29) is 0 Å². The summed E-state index contributed by atoms with van der Waals surface area (Å²) in [7, 11) is 1.73. The molecule has 2 rings (SSSR count). The fourth-order valence-electron chi connectivity index (χ4n) is 1.92. The highest BCUT2D eigenvalue weighted by Gasteiger charge is 2.03. The van der Waals surface area contributed by atoms with Crippen molar-refractivity contribution in [2.45, 2.75) is 33.0 Å². The van der Waals surface area contributed by atoms with Gasteiger partial charge in [-0.3, -0.25) is 0 Å². The first kappa shape index (κ1) is 14.2. The lowest BCUT2D eigenvalue weighted by atomic mass is 10.1. The van der Waals surface area contributed by atoms with Gasteiger partial charge < -0.3 is 10.1 Å². The van der Waals surface area contributed by atoms with E-state index < -0.39 is 0 Å². The van der Waals surface area contributed by atoms with E-state index in [1.165, 1.54) is 16.0 Å². The van der Waals surface area contributed by atoms with E-state index in [4.69, 9.17) is 4.74 Å². The molecule has 0 atom stereocenters. The van der Waals surface area contributed by atoms with Crippen LogP contribution < -0.4 is 5.32 Å². The number of thiazole rings is 1. The average molecular weight is 276 g/mol. The van der Waals surface area contributed by atoms with Gasteiger partial charge in [-0.05, 0) is 17.5 Å². The van der Waals surface area contributed by atoms with Gasteiger partial charge in [0, 0.05) is 31.3 Å². The van der Waals surface area contributed by atoms with Crippen LogP contribution in [0.1, 0.15) is 27.9 Å². The van der Waals surface area contributed by atoms with Crippen molar-refractivity contribution in [2.75, 3.05) is 7.11 Å². The molecule has 0 radical (unpaired) electrons. The maximum Gasteiger partial charge on any atom is 0.107 e. The van der Waals surface area contributed by atoms with E-state index in [0.717, 1.165) is 24.5 Å². The van der Waals surface area contributed by atoms with E-state index in [9.17, 15) is 0 Å². The predicted octanol–water partition coefficient (Wildman–Crippen LogP) is 3.14. The molecule has 0 unspecified atom stereocenters. The van der Waals surface area contributed by atoms with Gasteiger partial charge in [-0.15, -0.1) is 11.3 Å². The van der Waals surface area contributed by atoms with Crippen LogP contribution >= 0.6 is 11.3 Å². The van der Waals surface area contributed by atoms with Crippen molar-refractivity contribution in [3.63, 3.8) is 0 Å². The summed E-state index contributed by atoms with van der Waals surface area (Å²) in [6.45, 7) is 4.49. The van der Waals surface area contributed by atoms with E-state index in [2.05, 4.69) is 35.4 Å². The van der Waals surface area contributed by atoms with Gasteiger partial charge >= 0.3 is 0 Å². The minimum absolute atomic E-state index is 0.662. The molecule has 3 nitrogen and oxygen atoms in total. The van der Waals surface area contributed by atoms with Crippen LogP contribution in [0.15, 0.2) is 30.5 Å². The van der Waals surface area contributed by atoms with Gasteiger partial charge in [0.15, 0.2) is 0 Å². The van der Waals surface area contributed by atoms with Crippen LogP contribution in [0.2, 0.25) is 0 Å². The van der Waals surface area contributed by atoms with Crippen LogP contribution in [0.5, 0.6) is 0 Å². The molecular formula is C15H20N2OS. The Bertz CT molecular complexity index is 510. The molecule has 0 saturated carbocycles. The van der Waals surface area contributed by atoms with Crippen molar-refractivity contribution in [3.05, 3.63) is 51.5 Å². The number of rotatable bonds is 7. The molecule has 2 aromatic rings. The van der Waals surface area contributed by atoms with Crippen LogP contribution in [0, 0.1) is 0 Å². The standard InChI is InChI=1S/C15H20N2OS/c1-3-14-9-17-15(19-14)10-16-8-12-6-4-5-7-13(12)11-18-2/h4-7,9,16H,3,8,10-11H2,1-2H3. The molecule has 0 saturated heterocycles. The van der Waals surface area contributed by atoms with E-state index in [1.807, 2.05) is 12.3 Å². The van der Waals surface area contributed by atoms with Crippen molar-refractivity contribution in [1.29, 1.82) is 0 Å². The predicted molar refractivity (Wildman–Crippen MR) is 79.2 cm³/mol. The molecule has 1 aromatic carbocycles. The van der Waals surface area contributed by atoms with Crippen molar-refractivity contribution in [1.82, 2.24) is 10.3 Å². The van der Waals surface area contributed by atoms with Crippen LogP contribution in [0.25, 0.3) is 0 Å². The van der Waals surface area contributed by atoms with Gasteiger partial charge in [-0.2, -0.15) is 0 Å². The second-order valence-corrected chi connectivity index (χ2v) is 5.58. The third-order valence-corrected chi connectivity index (χ3v) is 4.10. The molecule has 0 fully saturated rings. The van der Waals surface area contributed by atoms with Crippen molar-refractivity contribution in [3.8, 4) is 0 Å². The minimum Gasteiger partial charge on any atom is -0.380 e. The Hall–Kier alpha value is -1.23. The topological polar surface area (TPSA) is 34.2 Å². The Kier molecular flexibility index (Phi) is 5.51. The maximum atomic E-state index is 5.21. The second-order valence-electron chi connectivity index (χ2n) is 4.38. The Morgan fingerprint density at radius 1 is 1.21 bits per heavy atom. The lowest BCUT2D eigenvalue weighted by Gasteiger charge is -2.09. The van der Waals surface area contributed by atoms with Crippen molar-refractivity contribution in [2.24, 2.45) is 0 Å². The monoisotopic (exact) mass is 276 g/mol. The molecule has 19 heavy (non-hydrogen) atoms. The molecule has 1 aromatic heterocycles. The smallest absolute Gasteiger partial charge is 0.107 e. The summed E-state index contributed by atoms with van der Waals surface area (Å²) >= 11 is 1.78. The van der Waals surface area contributed by atoms with Crippen molar-refractivity contribution >= 4 is 11.3 Å². The molecule has 0 aliphatic carbocycles. The maximum absolute atomic E-state index is 5.21. The molecule has 0 amide bonds. The first-order valence-electron chi connectivity index (χ1n) is 6.53. The highest BCUT2D eigenvalue weighted by atomic mass is 32.1. The molecule has 4 heteroatoms. The van der Waals surface area contributed by atoms with Crippen molar-refractivity contribution < 1.29 is 4.74 Å². The summed E-state index contributed by atoms with van der Waals surface area (Å²) in [5.41, 5.74) is 2.53. The normalized spacial score (nSPS) is 10.8. The number of hydrogen-bond acceptors (Lipinski definition) is 4. The lowest BCUT2D eigenvalue weighted by molar-refractivity contribution is 0.184. The van der Waals surface area contributed by atoms with E-state index >= 15 is 0 Å².